The highest BCUT2D eigenvalue weighted by Crippen LogP contribution is 2.43. The molecule has 3 aliphatic rings. The van der Waals surface area contributed by atoms with E-state index in [4.69, 9.17) is 16.3 Å². The summed E-state index contributed by atoms with van der Waals surface area (Å²) in [5.41, 5.74) is 4.75. The van der Waals surface area contributed by atoms with Crippen LogP contribution in [0.2, 0.25) is 0 Å². The molecule has 0 bridgehead atoms. The van der Waals surface area contributed by atoms with Crippen LogP contribution in [-0.2, 0) is 20.7 Å². The SMILES string of the molecule is COC(=O)[C@H]1Cc2c([nH]c3ccccc23)[C@H](C2=CC3=CNSN3C=C2)N1C(=O)CCl. The summed E-state index contributed by atoms with van der Waals surface area (Å²) in [6, 6.07) is 6.72. The van der Waals surface area contributed by atoms with E-state index < -0.39 is 18.1 Å². The predicted octanol–water partition coefficient (Wildman–Crippen LogP) is 3.14. The highest BCUT2D eigenvalue weighted by atomic mass is 35.5. The lowest BCUT2D eigenvalue weighted by molar-refractivity contribution is -0.154. The minimum Gasteiger partial charge on any atom is -0.467 e. The third-order valence-corrected chi connectivity index (χ3v) is 6.63. The fourth-order valence-electron chi connectivity index (χ4n) is 4.36. The van der Waals surface area contributed by atoms with Gasteiger partial charge in [-0.15, -0.1) is 11.6 Å². The number of carbonyl (C=O) groups excluding carboxylic acids is 2. The first-order valence-electron chi connectivity index (χ1n) is 9.48. The Morgan fingerprint density at radius 3 is 2.97 bits per heavy atom. The molecule has 0 unspecified atom stereocenters. The van der Waals surface area contributed by atoms with Gasteiger partial charge in [0, 0.05) is 35.4 Å². The maximum absolute atomic E-state index is 13.0. The number of rotatable bonds is 3. The van der Waals surface area contributed by atoms with Crippen LogP contribution in [0.1, 0.15) is 17.3 Å². The van der Waals surface area contributed by atoms with E-state index in [1.807, 2.05) is 53.1 Å². The Bertz CT molecular complexity index is 1140. The fourth-order valence-corrected chi connectivity index (χ4v) is 5.11. The molecule has 1 aromatic heterocycles. The van der Waals surface area contributed by atoms with Crippen molar-refractivity contribution in [1.29, 1.82) is 0 Å². The van der Waals surface area contributed by atoms with Gasteiger partial charge in [0.2, 0.25) is 5.91 Å². The van der Waals surface area contributed by atoms with Gasteiger partial charge in [0.25, 0.3) is 0 Å². The van der Waals surface area contributed by atoms with E-state index in [1.165, 1.54) is 19.2 Å². The maximum Gasteiger partial charge on any atom is 0.328 e. The summed E-state index contributed by atoms with van der Waals surface area (Å²) in [6.07, 6.45) is 8.19. The zero-order valence-electron chi connectivity index (χ0n) is 16.1. The number of aromatic nitrogens is 1. The molecule has 2 N–H and O–H groups in total. The Morgan fingerprint density at radius 2 is 2.17 bits per heavy atom. The second kappa shape index (κ2) is 7.45. The summed E-state index contributed by atoms with van der Waals surface area (Å²) in [5.74, 6) is -0.984. The number of methoxy groups -OCH3 is 1. The molecule has 0 radical (unpaired) electrons. The molecule has 30 heavy (non-hydrogen) atoms. The van der Waals surface area contributed by atoms with Gasteiger partial charge >= 0.3 is 5.97 Å². The Labute approximate surface area is 182 Å². The van der Waals surface area contributed by atoms with Crippen molar-refractivity contribution in [2.45, 2.75) is 18.5 Å². The Hall–Kier alpha value is -2.84. The Morgan fingerprint density at radius 1 is 1.33 bits per heavy atom. The molecule has 154 valence electrons. The van der Waals surface area contributed by atoms with Crippen molar-refractivity contribution in [2.75, 3.05) is 13.0 Å². The number of halogens is 1. The number of nitrogens with one attached hydrogen (secondary N) is 2. The second-order valence-electron chi connectivity index (χ2n) is 7.21. The summed E-state index contributed by atoms with van der Waals surface area (Å²) < 4.78 is 10.2. The quantitative estimate of drug-likeness (QED) is 0.432. The van der Waals surface area contributed by atoms with Crippen molar-refractivity contribution in [2.24, 2.45) is 0 Å². The van der Waals surface area contributed by atoms with Crippen molar-refractivity contribution >= 4 is 46.5 Å². The molecule has 0 saturated heterocycles. The van der Waals surface area contributed by atoms with Crippen LogP contribution in [-0.4, -0.2) is 45.1 Å². The van der Waals surface area contributed by atoms with Gasteiger partial charge < -0.3 is 19.3 Å². The van der Waals surface area contributed by atoms with Gasteiger partial charge in [0.1, 0.15) is 11.9 Å². The van der Waals surface area contributed by atoms with Crippen LogP contribution in [0.25, 0.3) is 10.9 Å². The molecular weight excluding hydrogens is 424 g/mol. The molecule has 5 rings (SSSR count). The van der Waals surface area contributed by atoms with Crippen molar-refractivity contribution in [3.63, 3.8) is 0 Å². The lowest BCUT2D eigenvalue weighted by Gasteiger charge is -2.41. The Kier molecular flexibility index (Phi) is 4.75. The lowest BCUT2D eigenvalue weighted by atomic mass is 9.87. The van der Waals surface area contributed by atoms with Crippen LogP contribution in [0.3, 0.4) is 0 Å². The van der Waals surface area contributed by atoms with Crippen molar-refractivity contribution in [3.05, 3.63) is 71.3 Å². The Balaban J connectivity index is 1.72. The first-order chi connectivity index (χ1) is 14.6. The van der Waals surface area contributed by atoms with Crippen LogP contribution in [0.5, 0.6) is 0 Å². The van der Waals surface area contributed by atoms with Crippen molar-refractivity contribution < 1.29 is 14.3 Å². The second-order valence-corrected chi connectivity index (χ2v) is 8.29. The highest BCUT2D eigenvalue weighted by Gasteiger charge is 2.44. The molecule has 2 aromatic rings. The van der Waals surface area contributed by atoms with E-state index in [9.17, 15) is 9.59 Å². The van der Waals surface area contributed by atoms with Crippen molar-refractivity contribution in [1.82, 2.24) is 18.9 Å². The maximum atomic E-state index is 13.0. The minimum atomic E-state index is -0.754. The number of hydrogen-bond donors (Lipinski definition) is 2. The van der Waals surface area contributed by atoms with Gasteiger partial charge in [-0.3, -0.25) is 9.10 Å². The molecular formula is C21H19ClN4O3S. The average Bonchev–Trinajstić information content (AvgIpc) is 3.40. The summed E-state index contributed by atoms with van der Waals surface area (Å²) in [7, 11) is 1.34. The van der Waals surface area contributed by atoms with E-state index in [1.54, 1.807) is 4.90 Å². The van der Waals surface area contributed by atoms with Crippen LogP contribution in [0.4, 0.5) is 0 Å². The number of benzene rings is 1. The topological polar surface area (TPSA) is 77.7 Å². The number of para-hydroxylation sites is 1. The highest BCUT2D eigenvalue weighted by molar-refractivity contribution is 7.95. The largest absolute Gasteiger partial charge is 0.467 e. The number of allylic oxidation sites excluding steroid dienone is 1. The van der Waals surface area contributed by atoms with Gasteiger partial charge in [0.05, 0.1) is 31.0 Å². The van der Waals surface area contributed by atoms with Gasteiger partial charge in [-0.25, -0.2) is 4.79 Å². The molecule has 4 heterocycles. The molecule has 1 amide bonds. The number of H-pyrrole nitrogens is 1. The molecule has 0 saturated carbocycles. The van der Waals surface area contributed by atoms with Crippen LogP contribution in [0, 0.1) is 0 Å². The summed E-state index contributed by atoms with van der Waals surface area (Å²) in [6.45, 7) is 0. The van der Waals surface area contributed by atoms with Crippen LogP contribution < -0.4 is 4.72 Å². The molecule has 0 spiro atoms. The van der Waals surface area contributed by atoms with E-state index in [0.717, 1.165) is 33.4 Å². The molecule has 0 fully saturated rings. The van der Waals surface area contributed by atoms with Crippen LogP contribution in [0.15, 0.2) is 60.1 Å². The number of amides is 1. The number of nitrogens with zero attached hydrogens (tertiary/aromatic N) is 2. The molecule has 1 aromatic carbocycles. The van der Waals surface area contributed by atoms with Gasteiger partial charge in [-0.05, 0) is 29.4 Å². The zero-order valence-corrected chi connectivity index (χ0v) is 17.7. The molecule has 9 heteroatoms. The smallest absolute Gasteiger partial charge is 0.328 e. The zero-order chi connectivity index (χ0) is 20.8. The van der Waals surface area contributed by atoms with Crippen molar-refractivity contribution in [3.8, 4) is 0 Å². The number of carbonyl (C=O) groups is 2. The van der Waals surface area contributed by atoms with Gasteiger partial charge in [-0.1, -0.05) is 18.2 Å². The number of alkyl halides is 1. The van der Waals surface area contributed by atoms with E-state index in [0.29, 0.717) is 6.42 Å². The summed E-state index contributed by atoms with van der Waals surface area (Å²) in [4.78, 5) is 30.8. The summed E-state index contributed by atoms with van der Waals surface area (Å²) in [5, 5.41) is 1.05. The molecule has 2 atom stereocenters. The first-order valence-corrected chi connectivity index (χ1v) is 10.8. The molecule has 3 aliphatic heterocycles. The lowest BCUT2D eigenvalue weighted by Crippen LogP contribution is -2.52. The monoisotopic (exact) mass is 442 g/mol. The average molecular weight is 443 g/mol. The van der Waals surface area contributed by atoms with E-state index in [-0.39, 0.29) is 11.8 Å². The van der Waals surface area contributed by atoms with E-state index in [2.05, 4.69) is 9.71 Å². The number of hydrogen-bond acceptors (Lipinski definition) is 6. The minimum absolute atomic E-state index is 0.219. The third-order valence-electron chi connectivity index (χ3n) is 5.65. The fraction of sp³-hybridized carbons (Fsp3) is 0.238. The number of ether oxygens (including phenoxy) is 1. The molecule has 7 nitrogen and oxygen atoms in total. The van der Waals surface area contributed by atoms with E-state index >= 15 is 0 Å². The third kappa shape index (κ3) is 2.90. The predicted molar refractivity (Wildman–Crippen MR) is 116 cm³/mol. The number of esters is 1. The first kappa shape index (κ1) is 19.1. The van der Waals surface area contributed by atoms with Gasteiger partial charge in [-0.2, -0.15) is 0 Å². The normalized spacial score (nSPS) is 22.2. The van der Waals surface area contributed by atoms with Crippen LogP contribution >= 0.6 is 23.7 Å². The number of fused-ring (bicyclic) bond motifs is 4. The number of aromatic amines is 1. The van der Waals surface area contributed by atoms with Gasteiger partial charge in [0.15, 0.2) is 0 Å². The standard InChI is InChI=1S/C21H19ClN4O3S/c1-29-21(28)17-9-15-14-4-2-3-5-16(14)24-19(15)20(26(17)18(27)10-22)12-6-7-25-13(8-12)11-23-30-25/h2-8,11,17,20,23-24H,9-10H2,1H3/t17-,20+/m1/s1. The molecule has 0 aliphatic carbocycles. The summed E-state index contributed by atoms with van der Waals surface area (Å²) >= 11 is 7.43.